The number of tetrazole rings is 1. The molecule has 0 bridgehead atoms. The zero-order valence-electron chi connectivity index (χ0n) is 10.8. The fourth-order valence-corrected chi connectivity index (χ4v) is 1.69. The average molecular weight is 258 g/mol. The van der Waals surface area contributed by atoms with E-state index >= 15 is 0 Å². The molecule has 1 heterocycles. The van der Waals surface area contributed by atoms with Gasteiger partial charge in [0, 0.05) is 5.56 Å². The highest BCUT2D eigenvalue weighted by molar-refractivity contribution is 5.61. The van der Waals surface area contributed by atoms with E-state index in [1.54, 1.807) is 11.8 Å². The van der Waals surface area contributed by atoms with Crippen molar-refractivity contribution in [2.45, 2.75) is 13.5 Å². The lowest BCUT2D eigenvalue weighted by atomic mass is 10.2. The first kappa shape index (κ1) is 12.9. The highest BCUT2D eigenvalue weighted by Crippen LogP contribution is 2.31. The lowest BCUT2D eigenvalue weighted by molar-refractivity contribution is 0.311. The maximum atomic E-state index is 5.46. The van der Waals surface area contributed by atoms with Gasteiger partial charge in [0.15, 0.2) is 17.3 Å². The number of hydrogen-bond acceptors (Lipinski definition) is 5. The summed E-state index contributed by atoms with van der Waals surface area (Å²) < 4.78 is 12.3. The second-order valence-corrected chi connectivity index (χ2v) is 3.66. The van der Waals surface area contributed by atoms with Gasteiger partial charge in [0.1, 0.15) is 6.54 Å². The summed E-state index contributed by atoms with van der Waals surface area (Å²) in [4.78, 5) is 0. The van der Waals surface area contributed by atoms with Gasteiger partial charge in [0.05, 0.1) is 13.7 Å². The smallest absolute Gasteiger partial charge is 0.183 e. The summed E-state index contributed by atoms with van der Waals surface area (Å²) >= 11 is 0. The van der Waals surface area contributed by atoms with E-state index in [1.165, 1.54) is 0 Å². The molecule has 0 radical (unpaired) electrons. The highest BCUT2D eigenvalue weighted by Gasteiger charge is 2.12. The number of aromatic nitrogens is 4. The van der Waals surface area contributed by atoms with Gasteiger partial charge in [-0.25, -0.2) is 4.68 Å². The molecule has 0 amide bonds. The maximum absolute atomic E-state index is 5.46. The molecule has 0 saturated carbocycles. The first-order valence-electron chi connectivity index (χ1n) is 5.81. The normalized spacial score (nSPS) is 9.95. The van der Waals surface area contributed by atoms with Crippen LogP contribution in [-0.2, 0) is 6.54 Å². The topological polar surface area (TPSA) is 62.1 Å². The number of hydrogen-bond donors (Lipinski definition) is 0. The summed E-state index contributed by atoms with van der Waals surface area (Å²) in [6.45, 7) is 2.81. The molecule has 6 heteroatoms. The van der Waals surface area contributed by atoms with Crippen molar-refractivity contribution in [2.24, 2.45) is 0 Å². The molecule has 0 atom stereocenters. The largest absolute Gasteiger partial charge is 0.493 e. The van der Waals surface area contributed by atoms with Crippen LogP contribution in [0.2, 0.25) is 0 Å². The summed E-state index contributed by atoms with van der Waals surface area (Å²) in [5.41, 5.74) is 0.820. The molecule has 6 nitrogen and oxygen atoms in total. The van der Waals surface area contributed by atoms with Crippen molar-refractivity contribution in [3.63, 3.8) is 0 Å². The van der Waals surface area contributed by atoms with Crippen LogP contribution in [0.1, 0.15) is 6.92 Å². The summed E-state index contributed by atoms with van der Waals surface area (Å²) in [5, 5.41) is 11.4. The highest BCUT2D eigenvalue weighted by atomic mass is 16.5. The van der Waals surface area contributed by atoms with E-state index in [9.17, 15) is 0 Å². The Hall–Kier alpha value is -2.55. The Morgan fingerprint density at radius 3 is 2.89 bits per heavy atom. The summed E-state index contributed by atoms with van der Waals surface area (Å²) in [7, 11) is 1.59. The molecular formula is C13H14N4O2. The Balaban J connectivity index is 2.40. The van der Waals surface area contributed by atoms with Crippen LogP contribution in [0.4, 0.5) is 0 Å². The molecule has 0 unspecified atom stereocenters. The molecule has 0 spiro atoms. The van der Waals surface area contributed by atoms with Crippen LogP contribution in [0, 0.1) is 12.3 Å². The second-order valence-electron chi connectivity index (χ2n) is 3.66. The molecule has 0 N–H and O–H groups in total. The van der Waals surface area contributed by atoms with Crippen molar-refractivity contribution in [3.8, 4) is 35.2 Å². The fourth-order valence-electron chi connectivity index (χ4n) is 1.69. The van der Waals surface area contributed by atoms with Crippen molar-refractivity contribution >= 4 is 0 Å². The van der Waals surface area contributed by atoms with Gasteiger partial charge < -0.3 is 9.47 Å². The second kappa shape index (κ2) is 5.87. The van der Waals surface area contributed by atoms with Gasteiger partial charge in [-0.2, -0.15) is 0 Å². The zero-order chi connectivity index (χ0) is 13.7. The number of nitrogens with zero attached hydrogens (tertiary/aromatic N) is 4. The van der Waals surface area contributed by atoms with Crippen LogP contribution in [0.15, 0.2) is 18.2 Å². The Kier molecular flexibility index (Phi) is 3.98. The number of terminal acetylenes is 1. The minimum absolute atomic E-state index is 0.317. The third kappa shape index (κ3) is 2.65. The van der Waals surface area contributed by atoms with Gasteiger partial charge in [-0.05, 0) is 35.5 Å². The Morgan fingerprint density at radius 2 is 2.21 bits per heavy atom. The molecule has 2 aromatic rings. The molecule has 0 aliphatic carbocycles. The van der Waals surface area contributed by atoms with Crippen LogP contribution in [0.5, 0.6) is 11.5 Å². The monoisotopic (exact) mass is 258 g/mol. The standard InChI is InChI=1S/C13H14N4O2/c1-4-8-17-13(14-15-16-17)10-6-7-11(19-5-2)12(9-10)18-3/h1,6-7,9H,5,8H2,2-3H3. The van der Waals surface area contributed by atoms with Crippen molar-refractivity contribution in [1.82, 2.24) is 20.2 Å². The third-order valence-corrected chi connectivity index (χ3v) is 2.49. The van der Waals surface area contributed by atoms with Gasteiger partial charge in [-0.3, -0.25) is 0 Å². The third-order valence-electron chi connectivity index (χ3n) is 2.49. The van der Waals surface area contributed by atoms with Gasteiger partial charge in [0.25, 0.3) is 0 Å². The Morgan fingerprint density at radius 1 is 1.37 bits per heavy atom. The Labute approximate surface area is 111 Å². The predicted molar refractivity (Wildman–Crippen MR) is 69.8 cm³/mol. The molecular weight excluding hydrogens is 244 g/mol. The van der Waals surface area contributed by atoms with Crippen molar-refractivity contribution in [2.75, 3.05) is 13.7 Å². The number of benzene rings is 1. The van der Waals surface area contributed by atoms with Crippen molar-refractivity contribution in [3.05, 3.63) is 18.2 Å². The quantitative estimate of drug-likeness (QED) is 0.758. The number of methoxy groups -OCH3 is 1. The zero-order valence-corrected chi connectivity index (χ0v) is 10.8. The van der Waals surface area contributed by atoms with Crippen molar-refractivity contribution in [1.29, 1.82) is 0 Å². The van der Waals surface area contributed by atoms with Crippen LogP contribution >= 0.6 is 0 Å². The average Bonchev–Trinajstić information content (AvgIpc) is 2.88. The van der Waals surface area contributed by atoms with E-state index < -0.39 is 0 Å². The van der Waals surface area contributed by atoms with Crippen LogP contribution in [0.3, 0.4) is 0 Å². The van der Waals surface area contributed by atoms with Gasteiger partial charge in [0.2, 0.25) is 0 Å². The molecule has 0 saturated heterocycles. The first-order chi connectivity index (χ1) is 9.30. The predicted octanol–water partition coefficient (Wildman–Crippen LogP) is 1.38. The van der Waals surface area contributed by atoms with Gasteiger partial charge in [-0.1, -0.05) is 5.92 Å². The fraction of sp³-hybridized carbons (Fsp3) is 0.308. The van der Waals surface area contributed by atoms with E-state index in [0.29, 0.717) is 30.5 Å². The lowest BCUT2D eigenvalue weighted by Crippen LogP contribution is -2.02. The van der Waals surface area contributed by atoms with Gasteiger partial charge in [-0.15, -0.1) is 11.5 Å². The van der Waals surface area contributed by atoms with Crippen molar-refractivity contribution < 1.29 is 9.47 Å². The molecule has 1 aromatic carbocycles. The van der Waals surface area contributed by atoms with E-state index in [-0.39, 0.29) is 0 Å². The molecule has 0 aliphatic heterocycles. The SMILES string of the molecule is C#CCn1nnnc1-c1ccc(OCC)c(OC)c1. The minimum atomic E-state index is 0.317. The minimum Gasteiger partial charge on any atom is -0.493 e. The van der Waals surface area contributed by atoms with E-state index in [0.717, 1.165) is 5.56 Å². The summed E-state index contributed by atoms with van der Waals surface area (Å²) in [5.74, 6) is 4.42. The lowest BCUT2D eigenvalue weighted by Gasteiger charge is -2.10. The maximum Gasteiger partial charge on any atom is 0.183 e. The van der Waals surface area contributed by atoms with E-state index in [2.05, 4.69) is 21.4 Å². The van der Waals surface area contributed by atoms with Crippen LogP contribution in [-0.4, -0.2) is 33.9 Å². The van der Waals surface area contributed by atoms with E-state index in [1.807, 2.05) is 25.1 Å². The molecule has 2 rings (SSSR count). The summed E-state index contributed by atoms with van der Waals surface area (Å²) in [6, 6.07) is 5.52. The van der Waals surface area contributed by atoms with Crippen LogP contribution in [0.25, 0.3) is 11.4 Å². The molecule has 0 fully saturated rings. The van der Waals surface area contributed by atoms with Crippen LogP contribution < -0.4 is 9.47 Å². The first-order valence-corrected chi connectivity index (χ1v) is 5.81. The molecule has 98 valence electrons. The Bertz CT molecular complexity index is 601. The number of ether oxygens (including phenoxy) is 2. The number of rotatable bonds is 5. The van der Waals surface area contributed by atoms with E-state index in [4.69, 9.17) is 15.9 Å². The van der Waals surface area contributed by atoms with Gasteiger partial charge >= 0.3 is 0 Å². The summed E-state index contributed by atoms with van der Waals surface area (Å²) in [6.07, 6.45) is 5.28. The molecule has 1 aromatic heterocycles. The molecule has 19 heavy (non-hydrogen) atoms. The molecule has 0 aliphatic rings.